The quantitative estimate of drug-likeness (QED) is 0.899. The normalized spacial score (nSPS) is 23.7. The van der Waals surface area contributed by atoms with Crippen LogP contribution in [0.25, 0.3) is 11.1 Å². The van der Waals surface area contributed by atoms with E-state index >= 15 is 0 Å². The largest absolute Gasteiger partial charge is 0.424 e. The molecule has 0 amide bonds. The van der Waals surface area contributed by atoms with Crippen LogP contribution in [0.3, 0.4) is 0 Å². The molecule has 5 nitrogen and oxygen atoms in total. The molecule has 0 unspecified atom stereocenters. The molecule has 1 aliphatic rings. The molecule has 1 aliphatic heterocycles. The van der Waals surface area contributed by atoms with Gasteiger partial charge in [-0.15, -0.1) is 0 Å². The highest BCUT2D eigenvalue weighted by Gasteiger charge is 2.29. The molecular formula is C13H16N2O3. The smallest absolute Gasteiger partial charge is 0.296 e. The van der Waals surface area contributed by atoms with Gasteiger partial charge in [0.15, 0.2) is 5.58 Å². The maximum atomic E-state index is 5.64. The van der Waals surface area contributed by atoms with Crippen molar-refractivity contribution < 1.29 is 13.9 Å². The number of hydrogen-bond acceptors (Lipinski definition) is 5. The van der Waals surface area contributed by atoms with Crippen LogP contribution >= 0.6 is 0 Å². The molecule has 2 atom stereocenters. The van der Waals surface area contributed by atoms with E-state index in [1.165, 1.54) is 5.56 Å². The van der Waals surface area contributed by atoms with E-state index in [1.54, 1.807) is 7.11 Å². The zero-order chi connectivity index (χ0) is 12.5. The summed E-state index contributed by atoms with van der Waals surface area (Å²) in [6.45, 7) is 3.25. The average Bonchev–Trinajstić information content (AvgIpc) is 2.94. The molecular weight excluding hydrogens is 232 g/mol. The van der Waals surface area contributed by atoms with E-state index in [0.29, 0.717) is 19.2 Å². The maximum absolute atomic E-state index is 5.64. The fraction of sp³-hybridized carbons (Fsp3) is 0.462. The van der Waals surface area contributed by atoms with Gasteiger partial charge in [0.1, 0.15) is 11.6 Å². The lowest BCUT2D eigenvalue weighted by atomic mass is 10.2. The number of aryl methyl sites for hydroxylation is 1. The molecule has 1 aromatic carbocycles. The molecule has 18 heavy (non-hydrogen) atoms. The number of nitrogens with zero attached hydrogens (tertiary/aromatic N) is 1. The van der Waals surface area contributed by atoms with E-state index in [4.69, 9.17) is 13.9 Å². The number of benzene rings is 1. The highest BCUT2D eigenvalue weighted by Crippen LogP contribution is 2.22. The fourth-order valence-corrected chi connectivity index (χ4v) is 2.16. The monoisotopic (exact) mass is 248 g/mol. The van der Waals surface area contributed by atoms with Gasteiger partial charge in [-0.25, -0.2) is 0 Å². The van der Waals surface area contributed by atoms with Crippen molar-refractivity contribution in [1.29, 1.82) is 0 Å². The van der Waals surface area contributed by atoms with Crippen LogP contribution in [-0.4, -0.2) is 37.5 Å². The maximum Gasteiger partial charge on any atom is 0.296 e. The number of methoxy groups -OCH3 is 1. The van der Waals surface area contributed by atoms with Gasteiger partial charge in [-0.2, -0.15) is 4.98 Å². The van der Waals surface area contributed by atoms with Crippen molar-refractivity contribution in [3.8, 4) is 0 Å². The SMILES string of the molecule is CO[C@H]1COC[C@@H]1Nc1nc2cc(C)ccc2o1. The minimum atomic E-state index is 0.0433. The van der Waals surface area contributed by atoms with Crippen LogP contribution in [-0.2, 0) is 9.47 Å². The molecule has 96 valence electrons. The molecule has 1 saturated heterocycles. The number of ether oxygens (including phenoxy) is 2. The van der Waals surface area contributed by atoms with E-state index in [-0.39, 0.29) is 12.1 Å². The van der Waals surface area contributed by atoms with Gasteiger partial charge in [0.2, 0.25) is 0 Å². The number of nitrogens with one attached hydrogen (secondary N) is 1. The standard InChI is InChI=1S/C13H16N2O3/c1-8-3-4-11-9(5-8)14-13(18-11)15-10-6-17-7-12(10)16-2/h3-5,10,12H,6-7H2,1-2H3,(H,14,15)/t10-,12-/m0/s1. The van der Waals surface area contributed by atoms with Gasteiger partial charge in [0.05, 0.1) is 19.3 Å². The van der Waals surface area contributed by atoms with Gasteiger partial charge in [0.25, 0.3) is 6.01 Å². The third-order valence-corrected chi connectivity index (χ3v) is 3.18. The predicted molar refractivity (Wildman–Crippen MR) is 67.8 cm³/mol. The Morgan fingerprint density at radius 1 is 1.39 bits per heavy atom. The molecule has 1 N–H and O–H groups in total. The van der Waals surface area contributed by atoms with Gasteiger partial charge in [-0.3, -0.25) is 0 Å². The van der Waals surface area contributed by atoms with Gasteiger partial charge in [-0.1, -0.05) is 6.07 Å². The van der Waals surface area contributed by atoms with Crippen molar-refractivity contribution in [2.75, 3.05) is 25.6 Å². The van der Waals surface area contributed by atoms with E-state index in [9.17, 15) is 0 Å². The summed E-state index contributed by atoms with van der Waals surface area (Å²) in [5, 5.41) is 3.22. The Kier molecular flexibility index (Phi) is 2.93. The summed E-state index contributed by atoms with van der Waals surface area (Å²) in [5.74, 6) is 0. The summed E-state index contributed by atoms with van der Waals surface area (Å²) in [7, 11) is 1.68. The summed E-state index contributed by atoms with van der Waals surface area (Å²) < 4.78 is 16.3. The fourth-order valence-electron chi connectivity index (χ4n) is 2.16. The summed E-state index contributed by atoms with van der Waals surface area (Å²) in [5.41, 5.74) is 2.82. The predicted octanol–water partition coefficient (Wildman–Crippen LogP) is 1.96. The Hall–Kier alpha value is -1.59. The Labute approximate surface area is 105 Å². The van der Waals surface area contributed by atoms with E-state index in [2.05, 4.69) is 10.3 Å². The van der Waals surface area contributed by atoms with Crippen LogP contribution < -0.4 is 5.32 Å². The zero-order valence-electron chi connectivity index (χ0n) is 10.5. The second kappa shape index (κ2) is 4.59. The second-order valence-electron chi connectivity index (χ2n) is 4.55. The Morgan fingerprint density at radius 2 is 2.28 bits per heavy atom. The first-order chi connectivity index (χ1) is 8.76. The number of aromatic nitrogens is 1. The van der Waals surface area contributed by atoms with E-state index in [0.717, 1.165) is 11.1 Å². The third kappa shape index (κ3) is 2.07. The number of hydrogen-bond donors (Lipinski definition) is 1. The van der Waals surface area contributed by atoms with Crippen molar-refractivity contribution in [2.24, 2.45) is 0 Å². The molecule has 2 heterocycles. The molecule has 3 rings (SSSR count). The molecule has 2 aromatic rings. The van der Waals surface area contributed by atoms with Crippen LogP contribution in [0.2, 0.25) is 0 Å². The second-order valence-corrected chi connectivity index (χ2v) is 4.55. The molecule has 0 spiro atoms. The first kappa shape index (κ1) is 11.5. The first-order valence-corrected chi connectivity index (χ1v) is 6.00. The van der Waals surface area contributed by atoms with Crippen molar-refractivity contribution in [1.82, 2.24) is 4.98 Å². The van der Waals surface area contributed by atoms with Crippen LogP contribution in [0.5, 0.6) is 0 Å². The number of anilines is 1. The summed E-state index contributed by atoms with van der Waals surface area (Å²) in [6.07, 6.45) is 0.0433. The number of rotatable bonds is 3. The minimum absolute atomic E-state index is 0.0433. The van der Waals surface area contributed by atoms with E-state index < -0.39 is 0 Å². The summed E-state index contributed by atoms with van der Waals surface area (Å²) in [4.78, 5) is 4.42. The highest BCUT2D eigenvalue weighted by molar-refractivity contribution is 5.75. The molecule has 1 fully saturated rings. The zero-order valence-corrected chi connectivity index (χ0v) is 10.5. The van der Waals surface area contributed by atoms with Gasteiger partial charge in [-0.05, 0) is 24.6 Å². The minimum Gasteiger partial charge on any atom is -0.424 e. The Morgan fingerprint density at radius 3 is 3.11 bits per heavy atom. The lowest BCUT2D eigenvalue weighted by molar-refractivity contribution is 0.0793. The van der Waals surface area contributed by atoms with Crippen LogP contribution in [0, 0.1) is 6.92 Å². The van der Waals surface area contributed by atoms with Crippen LogP contribution in [0.1, 0.15) is 5.56 Å². The highest BCUT2D eigenvalue weighted by atomic mass is 16.5. The number of oxazole rings is 1. The topological polar surface area (TPSA) is 56.5 Å². The van der Waals surface area contributed by atoms with E-state index in [1.807, 2.05) is 25.1 Å². The third-order valence-electron chi connectivity index (χ3n) is 3.18. The van der Waals surface area contributed by atoms with Gasteiger partial charge < -0.3 is 19.2 Å². The molecule has 0 bridgehead atoms. The van der Waals surface area contributed by atoms with Crippen molar-refractivity contribution in [3.05, 3.63) is 23.8 Å². The van der Waals surface area contributed by atoms with Crippen molar-refractivity contribution in [3.63, 3.8) is 0 Å². The molecule has 1 aromatic heterocycles. The first-order valence-electron chi connectivity index (χ1n) is 6.00. The summed E-state index contributed by atoms with van der Waals surface area (Å²) >= 11 is 0. The Balaban J connectivity index is 1.82. The average molecular weight is 248 g/mol. The van der Waals surface area contributed by atoms with Crippen LogP contribution in [0.15, 0.2) is 22.6 Å². The van der Waals surface area contributed by atoms with Gasteiger partial charge in [0, 0.05) is 7.11 Å². The molecule has 0 radical (unpaired) electrons. The molecule has 5 heteroatoms. The van der Waals surface area contributed by atoms with Crippen molar-refractivity contribution >= 4 is 17.1 Å². The van der Waals surface area contributed by atoms with Gasteiger partial charge >= 0.3 is 0 Å². The number of fused-ring (bicyclic) bond motifs is 1. The lowest BCUT2D eigenvalue weighted by Crippen LogP contribution is -2.33. The van der Waals surface area contributed by atoms with Crippen LogP contribution in [0.4, 0.5) is 6.01 Å². The Bertz CT molecular complexity index is 552. The molecule has 0 aliphatic carbocycles. The lowest BCUT2D eigenvalue weighted by Gasteiger charge is -2.15. The summed E-state index contributed by atoms with van der Waals surface area (Å²) in [6, 6.07) is 6.55. The molecule has 0 saturated carbocycles. The van der Waals surface area contributed by atoms with Crippen molar-refractivity contribution in [2.45, 2.75) is 19.1 Å².